The number of hydrogen-bond donors (Lipinski definition) is 1. The van der Waals surface area contributed by atoms with Gasteiger partial charge < -0.3 is 5.32 Å². The molecule has 0 radical (unpaired) electrons. The molecule has 3 heteroatoms. The minimum Gasteiger partial charge on any atom is -0.317 e. The maximum Gasteiger partial charge on any atom is 0.0658 e. The molecule has 2 saturated carbocycles. The predicted molar refractivity (Wildman–Crippen MR) is 67.3 cm³/mol. The Bertz CT molecular complexity index is 409. The van der Waals surface area contributed by atoms with Gasteiger partial charge in [0.25, 0.3) is 0 Å². The fraction of sp³-hybridized carbons (Fsp3) is 0.786. The Morgan fingerprint density at radius 2 is 1.71 bits per heavy atom. The molecule has 3 nitrogen and oxygen atoms in total. The molecule has 2 aliphatic carbocycles. The lowest BCUT2D eigenvalue weighted by atomic mass is 10.1. The van der Waals surface area contributed by atoms with Gasteiger partial charge in [-0.2, -0.15) is 5.10 Å². The molecule has 1 aromatic rings. The Kier molecular flexibility index (Phi) is 2.29. The molecule has 0 unspecified atom stereocenters. The lowest BCUT2D eigenvalue weighted by Crippen LogP contribution is -2.30. The van der Waals surface area contributed by atoms with Gasteiger partial charge in [0, 0.05) is 17.5 Å². The highest BCUT2D eigenvalue weighted by molar-refractivity contribution is 5.24. The van der Waals surface area contributed by atoms with Crippen LogP contribution in [0, 0.1) is 0 Å². The van der Waals surface area contributed by atoms with E-state index in [1.54, 1.807) is 5.69 Å². The zero-order chi connectivity index (χ0) is 11.2. The summed E-state index contributed by atoms with van der Waals surface area (Å²) in [5.74, 6) is 1.64. The second kappa shape index (κ2) is 3.84. The molecule has 4 rings (SSSR count). The fourth-order valence-corrected chi connectivity index (χ4v) is 3.03. The van der Waals surface area contributed by atoms with Gasteiger partial charge in [0.05, 0.1) is 11.7 Å². The zero-order valence-corrected chi connectivity index (χ0v) is 10.4. The molecule has 92 valence electrons. The molecule has 3 aliphatic rings. The van der Waals surface area contributed by atoms with E-state index in [0.29, 0.717) is 6.04 Å². The van der Waals surface area contributed by atoms with E-state index in [9.17, 15) is 0 Å². The molecule has 1 N–H and O–H groups in total. The number of rotatable bonds is 3. The van der Waals surface area contributed by atoms with Crippen molar-refractivity contribution >= 4 is 0 Å². The summed E-state index contributed by atoms with van der Waals surface area (Å²) in [5.41, 5.74) is 2.95. The first-order valence-corrected chi connectivity index (χ1v) is 7.22. The summed E-state index contributed by atoms with van der Waals surface area (Å²) in [6, 6.07) is 3.09. The van der Waals surface area contributed by atoms with Crippen LogP contribution in [0.3, 0.4) is 0 Å². The van der Waals surface area contributed by atoms with Gasteiger partial charge in [-0.1, -0.05) is 0 Å². The molecular formula is C14H21N3. The minimum absolute atomic E-state index is 0.666. The summed E-state index contributed by atoms with van der Waals surface area (Å²) in [4.78, 5) is 0. The number of nitrogens with one attached hydrogen (secondary N) is 1. The van der Waals surface area contributed by atoms with Crippen LogP contribution in [0.1, 0.15) is 67.8 Å². The lowest BCUT2D eigenvalue weighted by molar-refractivity contribution is 0.334. The van der Waals surface area contributed by atoms with Crippen molar-refractivity contribution in [3.05, 3.63) is 17.5 Å². The number of nitrogens with zero attached hydrogens (tertiary/aromatic N) is 2. The fourth-order valence-electron chi connectivity index (χ4n) is 3.03. The summed E-state index contributed by atoms with van der Waals surface area (Å²) in [7, 11) is 0. The summed E-state index contributed by atoms with van der Waals surface area (Å²) in [6.07, 6.45) is 8.03. The van der Waals surface area contributed by atoms with E-state index in [0.717, 1.165) is 24.9 Å². The normalized spacial score (nSPS) is 26.4. The summed E-state index contributed by atoms with van der Waals surface area (Å²) in [6.45, 7) is 2.32. The van der Waals surface area contributed by atoms with Gasteiger partial charge in [0.15, 0.2) is 0 Å². The van der Waals surface area contributed by atoms with Gasteiger partial charge in [-0.15, -0.1) is 0 Å². The van der Waals surface area contributed by atoms with E-state index in [1.165, 1.54) is 44.2 Å². The van der Waals surface area contributed by atoms with Crippen molar-refractivity contribution in [1.82, 2.24) is 15.1 Å². The van der Waals surface area contributed by atoms with E-state index in [4.69, 9.17) is 5.10 Å². The lowest BCUT2D eigenvalue weighted by Gasteiger charge is -2.24. The van der Waals surface area contributed by atoms with E-state index in [2.05, 4.69) is 16.1 Å². The molecule has 0 bridgehead atoms. The molecule has 17 heavy (non-hydrogen) atoms. The van der Waals surface area contributed by atoms with Crippen LogP contribution in [0.5, 0.6) is 0 Å². The number of piperidine rings is 1. The highest BCUT2D eigenvalue weighted by atomic mass is 15.3. The van der Waals surface area contributed by atoms with Crippen molar-refractivity contribution in [2.75, 3.05) is 13.1 Å². The molecule has 0 amide bonds. The van der Waals surface area contributed by atoms with Crippen molar-refractivity contribution in [2.24, 2.45) is 0 Å². The van der Waals surface area contributed by atoms with Crippen molar-refractivity contribution in [1.29, 1.82) is 0 Å². The largest absolute Gasteiger partial charge is 0.317 e. The van der Waals surface area contributed by atoms with Gasteiger partial charge in [-0.25, -0.2) is 0 Å². The molecule has 1 aliphatic heterocycles. The van der Waals surface area contributed by atoms with Crippen LogP contribution in [-0.4, -0.2) is 22.9 Å². The standard InChI is InChI=1S/C14H21N3/c1-2-10(1)13-9-14(11-3-4-11)17(16-13)12-5-7-15-8-6-12/h9-12,15H,1-8H2. The Hall–Kier alpha value is -0.830. The summed E-state index contributed by atoms with van der Waals surface area (Å²) >= 11 is 0. The van der Waals surface area contributed by atoms with E-state index < -0.39 is 0 Å². The smallest absolute Gasteiger partial charge is 0.0658 e. The van der Waals surface area contributed by atoms with Gasteiger partial charge in [-0.3, -0.25) is 4.68 Å². The topological polar surface area (TPSA) is 29.9 Å². The molecule has 0 atom stereocenters. The van der Waals surface area contributed by atoms with Crippen LogP contribution in [0.4, 0.5) is 0 Å². The maximum absolute atomic E-state index is 4.95. The van der Waals surface area contributed by atoms with E-state index in [1.807, 2.05) is 0 Å². The monoisotopic (exact) mass is 231 g/mol. The van der Waals surface area contributed by atoms with Crippen LogP contribution < -0.4 is 5.32 Å². The molecule has 3 fully saturated rings. The molecule has 2 heterocycles. The highest BCUT2D eigenvalue weighted by Gasteiger charge is 2.34. The second-order valence-corrected chi connectivity index (χ2v) is 5.97. The van der Waals surface area contributed by atoms with Crippen LogP contribution in [0.15, 0.2) is 6.07 Å². The minimum atomic E-state index is 0.666. The molecule has 1 saturated heterocycles. The first-order valence-electron chi connectivity index (χ1n) is 7.22. The van der Waals surface area contributed by atoms with Crippen LogP contribution in [0.2, 0.25) is 0 Å². The first-order chi connectivity index (χ1) is 8.42. The first kappa shape index (κ1) is 10.1. The van der Waals surface area contributed by atoms with Crippen molar-refractivity contribution in [2.45, 2.75) is 56.4 Å². The van der Waals surface area contributed by atoms with Crippen LogP contribution in [0.25, 0.3) is 0 Å². The highest BCUT2D eigenvalue weighted by Crippen LogP contribution is 2.45. The third-order valence-corrected chi connectivity index (χ3v) is 4.43. The molecule has 1 aromatic heterocycles. The van der Waals surface area contributed by atoms with Crippen molar-refractivity contribution in [3.8, 4) is 0 Å². The van der Waals surface area contributed by atoms with E-state index in [-0.39, 0.29) is 0 Å². The Morgan fingerprint density at radius 3 is 2.35 bits per heavy atom. The van der Waals surface area contributed by atoms with Crippen LogP contribution >= 0.6 is 0 Å². The number of aromatic nitrogens is 2. The third kappa shape index (κ3) is 1.90. The van der Waals surface area contributed by atoms with E-state index >= 15 is 0 Å². The Labute approximate surface area is 103 Å². The van der Waals surface area contributed by atoms with Gasteiger partial charge in [-0.05, 0) is 57.7 Å². The predicted octanol–water partition coefficient (Wildman–Crippen LogP) is 2.56. The van der Waals surface area contributed by atoms with Gasteiger partial charge >= 0.3 is 0 Å². The molecule has 0 spiro atoms. The van der Waals surface area contributed by atoms with Crippen LogP contribution in [-0.2, 0) is 0 Å². The maximum atomic E-state index is 4.95. The number of hydrogen-bond acceptors (Lipinski definition) is 2. The SMILES string of the molecule is c1c(C2CC2)nn(C2CCNCC2)c1C1CC1. The molecule has 0 aromatic carbocycles. The Morgan fingerprint density at radius 1 is 1.00 bits per heavy atom. The Balaban J connectivity index is 1.65. The second-order valence-electron chi connectivity index (χ2n) is 5.97. The average Bonchev–Trinajstić information content (AvgIpc) is 3.28. The van der Waals surface area contributed by atoms with Crippen molar-refractivity contribution < 1.29 is 0 Å². The zero-order valence-electron chi connectivity index (χ0n) is 10.4. The molecular weight excluding hydrogens is 210 g/mol. The summed E-state index contributed by atoms with van der Waals surface area (Å²) in [5, 5.41) is 8.40. The third-order valence-electron chi connectivity index (χ3n) is 4.43. The van der Waals surface area contributed by atoms with Gasteiger partial charge in [0.2, 0.25) is 0 Å². The summed E-state index contributed by atoms with van der Waals surface area (Å²) < 4.78 is 2.41. The average molecular weight is 231 g/mol. The van der Waals surface area contributed by atoms with Crippen molar-refractivity contribution in [3.63, 3.8) is 0 Å². The quantitative estimate of drug-likeness (QED) is 0.866. The van der Waals surface area contributed by atoms with Gasteiger partial charge in [0.1, 0.15) is 0 Å².